The standard InChI is InChI=1S/C24H17F8NO3/c25-18-8-6-15(7-9-18)21(13-14-4-2-1-3-5-14,33-20(34)22(35,36)24(30,31)32)16-10-17(23(27,28)29)12-19(26)11-16/h1-12,35-36H,13H2,(H,33,34)/t21-/m0/s1. The fourth-order valence-corrected chi connectivity index (χ4v) is 3.61. The minimum atomic E-state index is -5.91. The normalized spacial score (nSPS) is 14.3. The molecule has 0 aromatic heterocycles. The molecule has 12 heteroatoms. The van der Waals surface area contributed by atoms with Crippen LogP contribution < -0.4 is 5.32 Å². The van der Waals surface area contributed by atoms with E-state index in [0.717, 1.165) is 24.3 Å². The summed E-state index contributed by atoms with van der Waals surface area (Å²) >= 11 is 0. The Morgan fingerprint density at radius 2 is 1.28 bits per heavy atom. The highest BCUT2D eigenvalue weighted by Gasteiger charge is 2.60. The van der Waals surface area contributed by atoms with E-state index in [1.165, 1.54) is 24.3 Å². The predicted molar refractivity (Wildman–Crippen MR) is 110 cm³/mol. The monoisotopic (exact) mass is 519 g/mol. The van der Waals surface area contributed by atoms with Gasteiger partial charge in [0.25, 0.3) is 5.91 Å². The first kappa shape index (κ1) is 27.1. The third-order valence-electron chi connectivity index (χ3n) is 5.41. The number of halogens is 8. The molecule has 1 amide bonds. The van der Waals surface area contributed by atoms with Gasteiger partial charge >= 0.3 is 18.1 Å². The minimum absolute atomic E-state index is 0.140. The molecule has 0 fully saturated rings. The molecule has 0 aliphatic rings. The second-order valence-electron chi connectivity index (χ2n) is 7.93. The van der Waals surface area contributed by atoms with Crippen molar-refractivity contribution in [3.05, 3.63) is 107 Å². The summed E-state index contributed by atoms with van der Waals surface area (Å²) < 4.78 is 108. The van der Waals surface area contributed by atoms with Gasteiger partial charge in [-0.25, -0.2) is 8.78 Å². The Hall–Kier alpha value is -3.51. The number of rotatable bonds is 6. The number of amides is 1. The molecule has 0 aliphatic heterocycles. The number of alkyl halides is 6. The van der Waals surface area contributed by atoms with Gasteiger partial charge in [0, 0.05) is 6.42 Å². The van der Waals surface area contributed by atoms with Crippen LogP contribution in [-0.4, -0.2) is 28.1 Å². The number of carbonyl (C=O) groups excluding carboxylic acids is 1. The van der Waals surface area contributed by atoms with E-state index in [1.54, 1.807) is 11.4 Å². The number of benzene rings is 3. The molecule has 3 aromatic carbocycles. The molecule has 0 saturated heterocycles. The molecule has 36 heavy (non-hydrogen) atoms. The van der Waals surface area contributed by atoms with E-state index in [2.05, 4.69) is 0 Å². The van der Waals surface area contributed by atoms with Crippen LogP contribution in [0.5, 0.6) is 0 Å². The van der Waals surface area contributed by atoms with Crippen LogP contribution in [-0.2, 0) is 22.9 Å². The van der Waals surface area contributed by atoms with Gasteiger partial charge in [-0.3, -0.25) is 4.79 Å². The highest BCUT2D eigenvalue weighted by Crippen LogP contribution is 2.39. The van der Waals surface area contributed by atoms with E-state index < -0.39 is 58.8 Å². The smallest absolute Gasteiger partial charge is 0.351 e. The summed E-state index contributed by atoms with van der Waals surface area (Å²) in [5.74, 6) is -9.69. The predicted octanol–water partition coefficient (Wildman–Crippen LogP) is 4.83. The van der Waals surface area contributed by atoms with Crippen LogP contribution in [0.3, 0.4) is 0 Å². The van der Waals surface area contributed by atoms with Gasteiger partial charge in [-0.2, -0.15) is 26.3 Å². The van der Waals surface area contributed by atoms with Crippen molar-refractivity contribution in [3.8, 4) is 0 Å². The zero-order chi connectivity index (χ0) is 26.9. The first-order valence-electron chi connectivity index (χ1n) is 10.1. The lowest BCUT2D eigenvalue weighted by Crippen LogP contribution is -2.62. The highest BCUT2D eigenvalue weighted by molar-refractivity contribution is 5.85. The molecule has 3 N–H and O–H groups in total. The van der Waals surface area contributed by atoms with Crippen LogP contribution in [0.25, 0.3) is 0 Å². The summed E-state index contributed by atoms with van der Waals surface area (Å²) in [6, 6.07) is 12.0. The van der Waals surface area contributed by atoms with Crippen LogP contribution in [0.2, 0.25) is 0 Å². The van der Waals surface area contributed by atoms with Crippen LogP contribution in [0.4, 0.5) is 35.1 Å². The highest BCUT2D eigenvalue weighted by atomic mass is 19.4. The first-order valence-corrected chi connectivity index (χ1v) is 10.1. The third kappa shape index (κ3) is 5.49. The largest absolute Gasteiger partial charge is 0.453 e. The van der Waals surface area contributed by atoms with Gasteiger partial charge in [0.2, 0.25) is 0 Å². The quantitative estimate of drug-likeness (QED) is 0.323. The molecular formula is C24H17F8NO3. The molecule has 1 atom stereocenters. The van der Waals surface area contributed by atoms with Crippen molar-refractivity contribution in [1.82, 2.24) is 5.32 Å². The van der Waals surface area contributed by atoms with Crippen LogP contribution >= 0.6 is 0 Å². The Morgan fingerprint density at radius 3 is 1.81 bits per heavy atom. The van der Waals surface area contributed by atoms with E-state index in [9.17, 15) is 50.1 Å². The summed E-state index contributed by atoms with van der Waals surface area (Å²) in [5, 5.41) is 20.8. The maximum atomic E-state index is 14.4. The molecule has 0 radical (unpaired) electrons. The average Bonchev–Trinajstić information content (AvgIpc) is 2.78. The molecule has 0 heterocycles. The summed E-state index contributed by atoms with van der Waals surface area (Å²) in [4.78, 5) is 12.6. The summed E-state index contributed by atoms with van der Waals surface area (Å²) in [5.41, 5.74) is -4.68. The Morgan fingerprint density at radius 1 is 0.722 bits per heavy atom. The summed E-state index contributed by atoms with van der Waals surface area (Å²) in [7, 11) is 0. The summed E-state index contributed by atoms with van der Waals surface area (Å²) in [6.07, 6.45) is -11.6. The third-order valence-corrected chi connectivity index (χ3v) is 5.41. The zero-order valence-corrected chi connectivity index (χ0v) is 18.0. The molecule has 4 nitrogen and oxygen atoms in total. The van der Waals surface area contributed by atoms with E-state index >= 15 is 0 Å². The number of aliphatic hydroxyl groups is 2. The molecule has 0 unspecified atom stereocenters. The molecular weight excluding hydrogens is 502 g/mol. The van der Waals surface area contributed by atoms with E-state index in [-0.39, 0.29) is 17.2 Å². The number of hydrogen-bond donors (Lipinski definition) is 3. The van der Waals surface area contributed by atoms with Gasteiger partial charge in [0.05, 0.1) is 11.1 Å². The van der Waals surface area contributed by atoms with Crippen LogP contribution in [0.15, 0.2) is 72.8 Å². The topological polar surface area (TPSA) is 69.6 Å². The second-order valence-corrected chi connectivity index (χ2v) is 7.93. The Bertz CT molecular complexity index is 1220. The van der Waals surface area contributed by atoms with Crippen molar-refractivity contribution in [2.45, 2.75) is 30.1 Å². The Kier molecular flexibility index (Phi) is 7.15. The van der Waals surface area contributed by atoms with Crippen molar-refractivity contribution in [2.75, 3.05) is 0 Å². The van der Waals surface area contributed by atoms with Crippen LogP contribution in [0.1, 0.15) is 22.3 Å². The lowest BCUT2D eigenvalue weighted by atomic mass is 9.77. The molecule has 0 saturated carbocycles. The van der Waals surface area contributed by atoms with Gasteiger partial charge in [0.1, 0.15) is 11.6 Å². The van der Waals surface area contributed by atoms with Crippen molar-refractivity contribution < 1.29 is 50.1 Å². The van der Waals surface area contributed by atoms with Crippen molar-refractivity contribution in [2.24, 2.45) is 0 Å². The second kappa shape index (κ2) is 9.51. The van der Waals surface area contributed by atoms with Gasteiger partial charge in [-0.05, 0) is 47.0 Å². The molecule has 0 aliphatic carbocycles. The van der Waals surface area contributed by atoms with E-state index in [0.29, 0.717) is 12.1 Å². The summed E-state index contributed by atoms with van der Waals surface area (Å²) in [6.45, 7) is 0. The van der Waals surface area contributed by atoms with Crippen molar-refractivity contribution in [1.29, 1.82) is 0 Å². The molecule has 192 valence electrons. The Balaban J connectivity index is 2.36. The first-order chi connectivity index (χ1) is 16.6. The maximum absolute atomic E-state index is 14.4. The molecule has 3 rings (SSSR count). The average molecular weight is 519 g/mol. The van der Waals surface area contributed by atoms with Gasteiger partial charge in [0.15, 0.2) is 0 Å². The SMILES string of the molecule is O=C(N[C@@](Cc1ccccc1)(c1ccc(F)cc1)c1cc(F)cc(C(F)(F)F)c1)C(O)(O)C(F)(F)F. The molecule has 3 aromatic rings. The molecule has 0 bridgehead atoms. The number of carbonyl (C=O) groups is 1. The van der Waals surface area contributed by atoms with Crippen LogP contribution in [0, 0.1) is 11.6 Å². The van der Waals surface area contributed by atoms with E-state index in [4.69, 9.17) is 0 Å². The van der Waals surface area contributed by atoms with E-state index in [1.807, 2.05) is 0 Å². The van der Waals surface area contributed by atoms with Gasteiger partial charge in [-0.15, -0.1) is 0 Å². The lowest BCUT2D eigenvalue weighted by molar-refractivity contribution is -0.329. The number of nitrogens with one attached hydrogen (secondary N) is 1. The number of hydrogen-bond acceptors (Lipinski definition) is 3. The maximum Gasteiger partial charge on any atom is 0.453 e. The lowest BCUT2D eigenvalue weighted by Gasteiger charge is -2.38. The fourth-order valence-electron chi connectivity index (χ4n) is 3.61. The Labute approximate surface area is 198 Å². The van der Waals surface area contributed by atoms with Gasteiger partial charge in [-0.1, -0.05) is 42.5 Å². The molecule has 0 spiro atoms. The van der Waals surface area contributed by atoms with Crippen molar-refractivity contribution >= 4 is 5.91 Å². The van der Waals surface area contributed by atoms with Gasteiger partial charge < -0.3 is 15.5 Å². The van der Waals surface area contributed by atoms with Crippen molar-refractivity contribution in [3.63, 3.8) is 0 Å². The minimum Gasteiger partial charge on any atom is -0.351 e. The zero-order valence-electron chi connectivity index (χ0n) is 18.0. The fraction of sp³-hybridized carbons (Fsp3) is 0.208.